The molecule has 0 heterocycles. The van der Waals surface area contributed by atoms with E-state index in [-0.39, 0.29) is 17.9 Å². The average Bonchev–Trinajstić information content (AvgIpc) is 2.99. The summed E-state index contributed by atoms with van der Waals surface area (Å²) in [6, 6.07) is 0.318. The number of nitrogens with two attached hydrogens (primary N) is 1. The van der Waals surface area contributed by atoms with Gasteiger partial charge in [-0.25, -0.2) is 0 Å². The molecule has 4 fully saturated rings. The van der Waals surface area contributed by atoms with Crippen molar-refractivity contribution in [3.63, 3.8) is 0 Å². The van der Waals surface area contributed by atoms with Crippen molar-refractivity contribution in [2.45, 2.75) is 84.6 Å². The molecule has 4 aliphatic carbocycles. The molecule has 0 saturated heterocycles. The molecule has 0 unspecified atom stereocenters. The Bertz CT molecular complexity index is 619. The zero-order valence-electron chi connectivity index (χ0n) is 17.4. The molecule has 0 bridgehead atoms. The van der Waals surface area contributed by atoms with Crippen LogP contribution in [0.2, 0.25) is 0 Å². The number of ketones is 1. The molecule has 3 N–H and O–H groups in total. The molecule has 4 saturated carbocycles. The summed E-state index contributed by atoms with van der Waals surface area (Å²) >= 11 is 0. The third kappa shape index (κ3) is 2.97. The number of nitrogens with one attached hydrogen (secondary N) is 1. The van der Waals surface area contributed by atoms with Gasteiger partial charge in [-0.15, -0.1) is 0 Å². The van der Waals surface area contributed by atoms with Gasteiger partial charge >= 0.3 is 0 Å². The summed E-state index contributed by atoms with van der Waals surface area (Å²) in [5, 5.41) is 3.15. The molecule has 0 spiro atoms. The van der Waals surface area contributed by atoms with E-state index in [1.54, 1.807) is 0 Å². The first kappa shape index (κ1) is 19.4. The molecule has 0 aliphatic heterocycles. The van der Waals surface area contributed by atoms with E-state index >= 15 is 0 Å². The van der Waals surface area contributed by atoms with E-state index in [4.69, 9.17) is 5.73 Å². The van der Waals surface area contributed by atoms with E-state index in [1.165, 1.54) is 38.5 Å². The van der Waals surface area contributed by atoms with Gasteiger partial charge in [0.2, 0.25) is 5.91 Å². The quantitative estimate of drug-likeness (QED) is 0.791. The van der Waals surface area contributed by atoms with E-state index < -0.39 is 0 Å². The Hall–Kier alpha value is -0.900. The molecule has 0 radical (unpaired) electrons. The fourth-order valence-electron chi connectivity index (χ4n) is 8.34. The Morgan fingerprint density at radius 3 is 2.37 bits per heavy atom. The minimum absolute atomic E-state index is 0.00745. The molecule has 152 valence electrons. The molecule has 0 aromatic rings. The maximum absolute atomic E-state index is 12.3. The van der Waals surface area contributed by atoms with Crippen LogP contribution in [-0.4, -0.2) is 24.3 Å². The summed E-state index contributed by atoms with van der Waals surface area (Å²) in [5.74, 6) is 3.82. The molecule has 0 aromatic carbocycles. The van der Waals surface area contributed by atoms with Gasteiger partial charge in [0.1, 0.15) is 5.78 Å². The van der Waals surface area contributed by atoms with Crippen LogP contribution in [0, 0.1) is 40.4 Å². The molecule has 4 nitrogen and oxygen atoms in total. The number of amides is 1. The van der Waals surface area contributed by atoms with Crippen molar-refractivity contribution in [1.29, 1.82) is 0 Å². The third-order valence-electron chi connectivity index (χ3n) is 9.71. The minimum atomic E-state index is -0.00745. The van der Waals surface area contributed by atoms with Gasteiger partial charge in [0.25, 0.3) is 0 Å². The first-order valence-corrected chi connectivity index (χ1v) is 11.3. The monoisotopic (exact) mass is 374 g/mol. The van der Waals surface area contributed by atoms with Crippen molar-refractivity contribution < 1.29 is 9.59 Å². The maximum Gasteiger partial charge on any atom is 0.233 e. The van der Waals surface area contributed by atoms with E-state index in [2.05, 4.69) is 19.2 Å². The fraction of sp³-hybridized carbons (Fsp3) is 0.913. The van der Waals surface area contributed by atoms with Crippen LogP contribution in [0.4, 0.5) is 0 Å². The highest BCUT2D eigenvalue weighted by Gasteiger charge is 2.60. The van der Waals surface area contributed by atoms with E-state index in [9.17, 15) is 9.59 Å². The first-order valence-electron chi connectivity index (χ1n) is 11.3. The summed E-state index contributed by atoms with van der Waals surface area (Å²) in [6.07, 6.45) is 11.0. The molecular formula is C23H38N2O2. The lowest BCUT2D eigenvalue weighted by Crippen LogP contribution is -2.55. The Morgan fingerprint density at radius 1 is 0.963 bits per heavy atom. The third-order valence-corrected chi connectivity index (χ3v) is 9.71. The van der Waals surface area contributed by atoms with Crippen LogP contribution in [0.15, 0.2) is 0 Å². The SMILES string of the molecule is CC(=O)[C@H]1CC[C@H]2[C@@H]3CC[C@H]4C[C@H](NC(=O)CN)CC[C@]4(C)[C@H]3CC[C@]12C. The highest BCUT2D eigenvalue weighted by atomic mass is 16.2. The van der Waals surface area contributed by atoms with Gasteiger partial charge in [-0.05, 0) is 99.2 Å². The number of fused-ring (bicyclic) bond motifs is 5. The second-order valence-electron chi connectivity index (χ2n) is 10.7. The zero-order chi connectivity index (χ0) is 19.4. The topological polar surface area (TPSA) is 72.2 Å². The van der Waals surface area contributed by atoms with Crippen LogP contribution in [-0.2, 0) is 9.59 Å². The van der Waals surface area contributed by atoms with E-state index in [1.807, 2.05) is 6.92 Å². The Kier molecular flexibility index (Phi) is 4.93. The average molecular weight is 375 g/mol. The Morgan fingerprint density at radius 2 is 1.67 bits per heavy atom. The van der Waals surface area contributed by atoms with Crippen molar-refractivity contribution in [3.05, 3.63) is 0 Å². The number of hydrogen-bond donors (Lipinski definition) is 2. The van der Waals surface area contributed by atoms with Gasteiger partial charge < -0.3 is 11.1 Å². The molecule has 4 heteroatoms. The van der Waals surface area contributed by atoms with E-state index in [0.717, 1.165) is 42.9 Å². The van der Waals surface area contributed by atoms with Crippen molar-refractivity contribution in [1.82, 2.24) is 5.32 Å². The standard InChI is InChI=1S/C23H38N2O2/c1-14(26)18-6-7-19-17-5-4-15-12-16(25-21(27)13-24)8-10-22(15,2)20(17)9-11-23(18,19)3/h15-20H,4-13,24H2,1-3H3,(H,25,27)/t15-,16+,17-,18+,19-,20-,22-,23+/m0/s1. The fourth-order valence-corrected chi connectivity index (χ4v) is 8.34. The molecule has 4 aliphatic rings. The lowest BCUT2D eigenvalue weighted by atomic mass is 9.44. The first-order chi connectivity index (χ1) is 12.8. The van der Waals surface area contributed by atoms with Gasteiger partial charge in [-0.2, -0.15) is 0 Å². The second kappa shape index (κ2) is 6.86. The molecule has 0 aromatic heterocycles. The van der Waals surface area contributed by atoms with Crippen LogP contribution in [0.5, 0.6) is 0 Å². The van der Waals surface area contributed by atoms with Crippen molar-refractivity contribution in [2.24, 2.45) is 46.2 Å². The van der Waals surface area contributed by atoms with Crippen molar-refractivity contribution in [3.8, 4) is 0 Å². The van der Waals surface area contributed by atoms with Gasteiger partial charge in [0, 0.05) is 12.0 Å². The smallest absolute Gasteiger partial charge is 0.233 e. The number of rotatable bonds is 3. The van der Waals surface area contributed by atoms with Crippen LogP contribution >= 0.6 is 0 Å². The van der Waals surface area contributed by atoms with Gasteiger partial charge in [0.15, 0.2) is 0 Å². The maximum atomic E-state index is 12.3. The highest BCUT2D eigenvalue weighted by molar-refractivity contribution is 5.79. The highest BCUT2D eigenvalue weighted by Crippen LogP contribution is 2.67. The van der Waals surface area contributed by atoms with Crippen molar-refractivity contribution >= 4 is 11.7 Å². The summed E-state index contributed by atoms with van der Waals surface area (Å²) < 4.78 is 0. The summed E-state index contributed by atoms with van der Waals surface area (Å²) in [5.41, 5.74) is 6.16. The second-order valence-corrected chi connectivity index (χ2v) is 10.7. The molecule has 8 atom stereocenters. The zero-order valence-corrected chi connectivity index (χ0v) is 17.4. The Balaban J connectivity index is 1.51. The number of Topliss-reactive ketones (excluding diaryl/α,β-unsaturated/α-hetero) is 1. The largest absolute Gasteiger partial charge is 0.352 e. The number of hydrogen-bond acceptors (Lipinski definition) is 3. The van der Waals surface area contributed by atoms with Gasteiger partial charge in [-0.1, -0.05) is 13.8 Å². The predicted molar refractivity (Wildman–Crippen MR) is 107 cm³/mol. The lowest BCUT2D eigenvalue weighted by Gasteiger charge is -2.61. The summed E-state index contributed by atoms with van der Waals surface area (Å²) in [6.45, 7) is 6.90. The van der Waals surface area contributed by atoms with Gasteiger partial charge in [-0.3, -0.25) is 9.59 Å². The lowest BCUT2D eigenvalue weighted by molar-refractivity contribution is -0.135. The molecule has 1 amide bonds. The summed E-state index contributed by atoms with van der Waals surface area (Å²) in [7, 11) is 0. The van der Waals surface area contributed by atoms with Crippen LogP contribution < -0.4 is 11.1 Å². The molecule has 27 heavy (non-hydrogen) atoms. The van der Waals surface area contributed by atoms with Crippen LogP contribution in [0.3, 0.4) is 0 Å². The number of carbonyl (C=O) groups excluding carboxylic acids is 2. The number of carbonyl (C=O) groups is 2. The van der Waals surface area contributed by atoms with Crippen LogP contribution in [0.25, 0.3) is 0 Å². The predicted octanol–water partition coefficient (Wildman–Crippen LogP) is 3.68. The molecule has 4 rings (SSSR count). The van der Waals surface area contributed by atoms with E-state index in [0.29, 0.717) is 23.2 Å². The van der Waals surface area contributed by atoms with Gasteiger partial charge in [0.05, 0.1) is 6.54 Å². The molecular weight excluding hydrogens is 336 g/mol. The van der Waals surface area contributed by atoms with Crippen molar-refractivity contribution in [2.75, 3.05) is 6.54 Å². The normalized spacial score (nSPS) is 48.9. The minimum Gasteiger partial charge on any atom is -0.352 e. The Labute approximate surface area is 164 Å². The summed E-state index contributed by atoms with van der Waals surface area (Å²) in [4.78, 5) is 24.0. The van der Waals surface area contributed by atoms with Crippen LogP contribution in [0.1, 0.15) is 78.6 Å².